The van der Waals surface area contributed by atoms with Gasteiger partial charge in [-0.3, -0.25) is 19.2 Å². The zero-order valence-corrected chi connectivity index (χ0v) is 21.4. The van der Waals surface area contributed by atoms with E-state index < -0.39 is 94.8 Å². The van der Waals surface area contributed by atoms with Crippen LogP contribution < -0.4 is 4.74 Å². The van der Waals surface area contributed by atoms with Gasteiger partial charge in [-0.2, -0.15) is 0 Å². The van der Waals surface area contributed by atoms with Gasteiger partial charge in [0.25, 0.3) is 0 Å². The van der Waals surface area contributed by atoms with Gasteiger partial charge in [0.15, 0.2) is 12.2 Å². The Labute approximate surface area is 236 Å². The molecular formula is C28H30O12. The number of rotatable bonds is 9. The van der Waals surface area contributed by atoms with Crippen LogP contribution in [0.4, 0.5) is 0 Å². The van der Waals surface area contributed by atoms with Crippen LogP contribution >= 0.6 is 0 Å². The number of benzene rings is 2. The second-order valence-corrected chi connectivity index (χ2v) is 8.30. The predicted octanol–water partition coefficient (Wildman–Crippen LogP) is 2.60. The smallest absolute Gasteiger partial charge is 0.337 e. The van der Waals surface area contributed by atoms with Crippen LogP contribution in [0, 0.1) is 0 Å². The predicted molar refractivity (Wildman–Crippen MR) is 136 cm³/mol. The highest BCUT2D eigenvalue weighted by atomic mass is 16.7. The molecule has 1 heterocycles. The van der Waals surface area contributed by atoms with Gasteiger partial charge in [0.05, 0.1) is 12.7 Å². The fourth-order valence-electron chi connectivity index (χ4n) is 3.94. The van der Waals surface area contributed by atoms with E-state index in [9.17, 15) is 24.0 Å². The number of methoxy groups -OCH3 is 1. The summed E-state index contributed by atoms with van der Waals surface area (Å²) >= 11 is 0. The molecule has 3 rings (SSSR count). The Balaban J connectivity index is 2.01. The summed E-state index contributed by atoms with van der Waals surface area (Å²) in [6.45, 7) is -3.91. The molecule has 40 heavy (non-hydrogen) atoms. The van der Waals surface area contributed by atoms with Gasteiger partial charge in [-0.15, -0.1) is 0 Å². The molecular weight excluding hydrogens is 528 g/mol. The fraction of sp³-hybridized carbons (Fsp3) is 0.393. The van der Waals surface area contributed by atoms with E-state index in [1.54, 1.807) is 42.5 Å². The van der Waals surface area contributed by atoms with Crippen molar-refractivity contribution in [3.8, 4) is 16.9 Å². The van der Waals surface area contributed by atoms with E-state index in [2.05, 4.69) is 0 Å². The maximum Gasteiger partial charge on any atom is 0.337 e. The number of carbonyl (C=O) groups is 5. The zero-order chi connectivity index (χ0) is 32.2. The minimum absolute atomic E-state index is 0.158. The molecule has 12 nitrogen and oxygen atoms in total. The Morgan fingerprint density at radius 3 is 2.02 bits per heavy atom. The molecule has 2 aromatic carbocycles. The second kappa shape index (κ2) is 13.6. The Kier molecular flexibility index (Phi) is 8.33. The van der Waals surface area contributed by atoms with Crippen LogP contribution in [-0.4, -0.2) is 74.3 Å². The van der Waals surface area contributed by atoms with E-state index in [0.717, 1.165) is 0 Å². The van der Waals surface area contributed by atoms with Gasteiger partial charge in [-0.25, -0.2) is 4.79 Å². The van der Waals surface area contributed by atoms with Crippen LogP contribution in [0.3, 0.4) is 0 Å². The third-order valence-electron chi connectivity index (χ3n) is 5.53. The molecule has 1 aliphatic rings. The molecule has 12 heteroatoms. The molecule has 0 spiro atoms. The molecule has 0 N–H and O–H groups in total. The van der Waals surface area contributed by atoms with Crippen molar-refractivity contribution in [1.82, 2.24) is 0 Å². The minimum atomic E-state index is -1.67. The minimum Gasteiger partial charge on any atom is -0.465 e. The number of hydrogen-bond acceptors (Lipinski definition) is 12. The third kappa shape index (κ3) is 8.03. The first-order valence-corrected chi connectivity index (χ1v) is 11.7. The summed E-state index contributed by atoms with van der Waals surface area (Å²) in [4.78, 5) is 60.2. The summed E-state index contributed by atoms with van der Waals surface area (Å²) in [5.41, 5.74) is 1.66. The van der Waals surface area contributed by atoms with Crippen molar-refractivity contribution in [2.45, 2.75) is 58.3 Å². The summed E-state index contributed by atoms with van der Waals surface area (Å²) < 4.78 is 66.9. The lowest BCUT2D eigenvalue weighted by Gasteiger charge is -2.43. The molecule has 0 aliphatic carbocycles. The maximum absolute atomic E-state index is 12.3. The standard InChI is InChI=1S/C28H30O12/c1-15(29)35-14-23-24(36-16(2)30)25(37-17(3)31)26(38-18(4)32)28(40-23)39-22-8-6-7-21(13-22)19-9-11-20(12-10-19)27(33)34-5/h6-13,23-26,28H,14H2,1-5H3/t23-,24-,25+,26+,28?/m1/s1/i1D,2D,3D,4D. The first-order valence-electron chi connectivity index (χ1n) is 14.5. The number of carbonyl (C=O) groups excluding carboxylic acids is 5. The summed E-state index contributed by atoms with van der Waals surface area (Å²) in [6, 6.07) is 13.0. The largest absolute Gasteiger partial charge is 0.465 e. The monoisotopic (exact) mass is 562 g/mol. The molecule has 2 aromatic rings. The van der Waals surface area contributed by atoms with Gasteiger partial charge in [0.1, 0.15) is 18.5 Å². The highest BCUT2D eigenvalue weighted by Crippen LogP contribution is 2.32. The van der Waals surface area contributed by atoms with Crippen molar-refractivity contribution in [2.24, 2.45) is 0 Å². The highest BCUT2D eigenvalue weighted by molar-refractivity contribution is 5.90. The Morgan fingerprint density at radius 1 is 0.775 bits per heavy atom. The molecule has 214 valence electrons. The van der Waals surface area contributed by atoms with Crippen molar-refractivity contribution in [3.05, 3.63) is 54.1 Å². The topological polar surface area (TPSA) is 150 Å². The van der Waals surface area contributed by atoms with Gasteiger partial charge in [0.2, 0.25) is 12.4 Å². The normalized spacial score (nSPS) is 23.2. The van der Waals surface area contributed by atoms with Crippen LogP contribution in [-0.2, 0) is 47.6 Å². The van der Waals surface area contributed by atoms with Crippen LogP contribution in [0.2, 0.25) is 0 Å². The third-order valence-corrected chi connectivity index (χ3v) is 5.53. The molecule has 1 unspecified atom stereocenters. The van der Waals surface area contributed by atoms with E-state index in [4.69, 9.17) is 38.6 Å². The van der Waals surface area contributed by atoms with E-state index in [1.807, 2.05) is 0 Å². The Bertz CT molecular complexity index is 1320. The molecule has 1 aliphatic heterocycles. The van der Waals surface area contributed by atoms with Gasteiger partial charge in [-0.1, -0.05) is 24.3 Å². The van der Waals surface area contributed by atoms with E-state index >= 15 is 0 Å². The average molecular weight is 563 g/mol. The SMILES string of the molecule is [2H]CC(=O)OC[C@H]1OC(Oc2cccc(-c3ccc(C(=O)OC)cc3)c2)[C@@H](OC(=O)C[2H])[C@@H](OC(=O)C[2H])[C@@H]1OC(=O)C[2H]. The lowest BCUT2D eigenvalue weighted by molar-refractivity contribution is -0.288. The molecule has 0 radical (unpaired) electrons. The van der Waals surface area contributed by atoms with Crippen molar-refractivity contribution in [3.63, 3.8) is 0 Å². The van der Waals surface area contributed by atoms with Gasteiger partial charge in [-0.05, 0) is 35.4 Å². The van der Waals surface area contributed by atoms with Crippen LogP contribution in [0.5, 0.6) is 5.75 Å². The van der Waals surface area contributed by atoms with Crippen LogP contribution in [0.15, 0.2) is 48.5 Å². The lowest BCUT2D eigenvalue weighted by atomic mass is 9.98. The number of hydrogen-bond donors (Lipinski definition) is 0. The summed E-state index contributed by atoms with van der Waals surface area (Å²) in [5.74, 6) is -4.57. The summed E-state index contributed by atoms with van der Waals surface area (Å²) in [6.07, 6.45) is -7.94. The maximum atomic E-state index is 12.3. The average Bonchev–Trinajstić information content (AvgIpc) is 3.05. The van der Waals surface area contributed by atoms with Gasteiger partial charge < -0.3 is 33.2 Å². The van der Waals surface area contributed by atoms with Crippen LogP contribution in [0.25, 0.3) is 11.1 Å². The van der Waals surface area contributed by atoms with E-state index in [1.165, 1.54) is 13.2 Å². The first-order chi connectivity index (χ1) is 21.1. The van der Waals surface area contributed by atoms with Crippen molar-refractivity contribution < 1.29 is 62.6 Å². The lowest BCUT2D eigenvalue weighted by Crippen LogP contribution is -2.63. The molecule has 1 saturated heterocycles. The Morgan fingerprint density at radius 2 is 1.40 bits per heavy atom. The Hall–Kier alpha value is -4.45. The molecule has 0 bridgehead atoms. The number of ether oxygens (including phenoxy) is 7. The van der Waals surface area contributed by atoms with Gasteiger partial charge in [0, 0.05) is 33.1 Å². The molecule has 5 atom stereocenters. The summed E-state index contributed by atoms with van der Waals surface area (Å²) in [7, 11) is 1.27. The number of esters is 5. The van der Waals surface area contributed by atoms with Crippen molar-refractivity contribution >= 4 is 29.8 Å². The quantitative estimate of drug-likeness (QED) is 0.326. The zero-order valence-electron chi connectivity index (χ0n) is 25.4. The van der Waals surface area contributed by atoms with Crippen molar-refractivity contribution in [2.75, 3.05) is 13.7 Å². The summed E-state index contributed by atoms with van der Waals surface area (Å²) in [5, 5.41) is 0. The first kappa shape index (κ1) is 24.6. The molecule has 0 saturated carbocycles. The molecule has 1 fully saturated rings. The van der Waals surface area contributed by atoms with E-state index in [-0.39, 0.29) is 5.75 Å². The molecule has 0 aromatic heterocycles. The van der Waals surface area contributed by atoms with E-state index in [0.29, 0.717) is 16.7 Å². The highest BCUT2D eigenvalue weighted by Gasteiger charge is 2.53. The van der Waals surface area contributed by atoms with Crippen LogP contribution in [0.1, 0.15) is 43.4 Å². The second-order valence-electron chi connectivity index (χ2n) is 8.30. The van der Waals surface area contributed by atoms with Gasteiger partial charge >= 0.3 is 29.8 Å². The van der Waals surface area contributed by atoms with Crippen molar-refractivity contribution in [1.29, 1.82) is 0 Å². The molecule has 0 amide bonds. The fourth-order valence-corrected chi connectivity index (χ4v) is 3.94.